The lowest BCUT2D eigenvalue weighted by atomic mass is 9.88. The molecule has 24 heavy (non-hydrogen) atoms. The number of rotatable bonds is 5. The quantitative estimate of drug-likeness (QED) is 0.889. The van der Waals surface area contributed by atoms with Gasteiger partial charge in [-0.3, -0.25) is 14.3 Å². The van der Waals surface area contributed by atoms with E-state index in [9.17, 15) is 9.59 Å². The van der Waals surface area contributed by atoms with Gasteiger partial charge in [-0.1, -0.05) is 20.8 Å². The molecule has 2 rings (SSSR count). The molecule has 0 spiro atoms. The van der Waals surface area contributed by atoms with Gasteiger partial charge in [-0.15, -0.1) is 0 Å². The monoisotopic (exact) mass is 336 g/mol. The lowest BCUT2D eigenvalue weighted by Gasteiger charge is -2.29. The van der Waals surface area contributed by atoms with Gasteiger partial charge < -0.3 is 15.0 Å². The second-order valence-electron chi connectivity index (χ2n) is 7.23. The minimum absolute atomic E-state index is 0.0916. The summed E-state index contributed by atoms with van der Waals surface area (Å²) in [5.41, 5.74) is 1.09. The number of aryl methyl sites for hydroxylation is 2. The lowest BCUT2D eigenvalue weighted by molar-refractivity contribution is -0.128. The number of carbonyl (C=O) groups is 2. The van der Waals surface area contributed by atoms with Crippen molar-refractivity contribution in [3.63, 3.8) is 0 Å². The van der Waals surface area contributed by atoms with E-state index in [1.165, 1.54) is 0 Å². The fourth-order valence-corrected chi connectivity index (χ4v) is 2.73. The number of amides is 1. The Morgan fingerprint density at radius 1 is 1.21 bits per heavy atom. The van der Waals surface area contributed by atoms with Crippen molar-refractivity contribution >= 4 is 23.2 Å². The van der Waals surface area contributed by atoms with Crippen molar-refractivity contribution in [1.29, 1.82) is 0 Å². The molecule has 1 aromatic rings. The van der Waals surface area contributed by atoms with Crippen molar-refractivity contribution in [1.82, 2.24) is 9.78 Å². The molecule has 1 aromatic heterocycles. The van der Waals surface area contributed by atoms with Gasteiger partial charge in [0.1, 0.15) is 11.5 Å². The summed E-state index contributed by atoms with van der Waals surface area (Å²) in [6.45, 7) is 10.4. The van der Waals surface area contributed by atoms with Crippen LogP contribution in [0.2, 0.25) is 0 Å². The van der Waals surface area contributed by atoms with Gasteiger partial charge in [0.15, 0.2) is 5.82 Å². The number of hydrogen-bond acceptors (Lipinski definition) is 5. The second-order valence-corrected chi connectivity index (χ2v) is 7.23. The third-order valence-electron chi connectivity index (χ3n) is 4.18. The van der Waals surface area contributed by atoms with Crippen molar-refractivity contribution in [2.45, 2.75) is 40.5 Å². The van der Waals surface area contributed by atoms with E-state index in [-0.39, 0.29) is 24.5 Å². The third-order valence-corrected chi connectivity index (χ3v) is 4.18. The molecule has 0 aliphatic carbocycles. The highest BCUT2D eigenvalue weighted by molar-refractivity contribution is 5.97. The topological polar surface area (TPSA) is 76.5 Å². The number of aromatic nitrogens is 2. The molecule has 7 nitrogen and oxygen atoms in total. The Morgan fingerprint density at radius 3 is 2.42 bits per heavy atom. The second kappa shape index (κ2) is 7.34. The summed E-state index contributed by atoms with van der Waals surface area (Å²) in [5.74, 6) is 0.832. The molecule has 2 heterocycles. The van der Waals surface area contributed by atoms with Crippen LogP contribution in [0.25, 0.3) is 0 Å². The summed E-state index contributed by atoms with van der Waals surface area (Å²) in [5, 5.41) is 7.37. The summed E-state index contributed by atoms with van der Waals surface area (Å²) in [6.07, 6.45) is 0.439. The number of morpholine rings is 1. The van der Waals surface area contributed by atoms with Crippen molar-refractivity contribution < 1.29 is 14.3 Å². The Bertz CT molecular complexity index is 610. The Kier molecular flexibility index (Phi) is 5.64. The fourth-order valence-electron chi connectivity index (χ4n) is 2.73. The molecular formula is C17H28N4O3. The zero-order chi connectivity index (χ0) is 17.9. The molecule has 1 N–H and O–H groups in total. The number of ether oxygens (including phenoxy) is 1. The van der Waals surface area contributed by atoms with Gasteiger partial charge in [0, 0.05) is 38.4 Å². The Hall–Kier alpha value is -1.89. The zero-order valence-corrected chi connectivity index (χ0v) is 15.3. The molecule has 134 valence electrons. The van der Waals surface area contributed by atoms with Crippen LogP contribution in [-0.4, -0.2) is 47.8 Å². The molecule has 0 saturated carbocycles. The first-order valence-corrected chi connectivity index (χ1v) is 8.39. The van der Waals surface area contributed by atoms with Gasteiger partial charge in [0.25, 0.3) is 0 Å². The molecule has 0 aromatic carbocycles. The molecule has 1 aliphatic heterocycles. The fraction of sp³-hybridized carbons (Fsp3) is 0.706. The maximum Gasteiger partial charge on any atom is 0.224 e. The molecule has 7 heteroatoms. The number of hydrogen-bond donors (Lipinski definition) is 1. The smallest absolute Gasteiger partial charge is 0.224 e. The first-order valence-electron chi connectivity index (χ1n) is 8.39. The van der Waals surface area contributed by atoms with E-state index in [0.717, 1.165) is 30.3 Å². The molecule has 1 fully saturated rings. The highest BCUT2D eigenvalue weighted by atomic mass is 16.5. The van der Waals surface area contributed by atoms with E-state index in [4.69, 9.17) is 4.74 Å². The number of carbonyl (C=O) groups excluding carboxylic acids is 2. The van der Waals surface area contributed by atoms with Crippen LogP contribution in [-0.2, 0) is 21.4 Å². The normalized spacial score (nSPS) is 15.5. The van der Waals surface area contributed by atoms with Crippen LogP contribution < -0.4 is 10.2 Å². The van der Waals surface area contributed by atoms with Crippen LogP contribution in [0.1, 0.15) is 39.3 Å². The van der Waals surface area contributed by atoms with Gasteiger partial charge in [-0.05, 0) is 6.92 Å². The van der Waals surface area contributed by atoms with Crippen LogP contribution in [0, 0.1) is 12.3 Å². The minimum atomic E-state index is -0.413. The summed E-state index contributed by atoms with van der Waals surface area (Å²) in [7, 11) is 1.87. The molecule has 1 saturated heterocycles. The molecule has 1 amide bonds. The van der Waals surface area contributed by atoms with Gasteiger partial charge in [-0.2, -0.15) is 5.10 Å². The van der Waals surface area contributed by atoms with Crippen LogP contribution in [0.15, 0.2) is 0 Å². The number of anilines is 2. The van der Waals surface area contributed by atoms with Crippen LogP contribution in [0.5, 0.6) is 0 Å². The molecule has 0 atom stereocenters. The first-order chi connectivity index (χ1) is 11.2. The summed E-state index contributed by atoms with van der Waals surface area (Å²) >= 11 is 0. The first kappa shape index (κ1) is 18.4. The van der Waals surface area contributed by atoms with E-state index >= 15 is 0 Å². The third kappa shape index (κ3) is 4.35. The summed E-state index contributed by atoms with van der Waals surface area (Å²) in [6, 6.07) is 0. The van der Waals surface area contributed by atoms with E-state index in [2.05, 4.69) is 15.3 Å². The number of ketones is 1. The number of nitrogens with one attached hydrogen (secondary N) is 1. The van der Waals surface area contributed by atoms with Crippen molar-refractivity contribution in [2.75, 3.05) is 36.5 Å². The Balaban J connectivity index is 2.06. The molecule has 0 radical (unpaired) electrons. The molecule has 0 bridgehead atoms. The minimum Gasteiger partial charge on any atom is -0.378 e. The SMILES string of the molecule is Cc1nn(C)c(N2CCOCC2)c1NC(=O)CCC(=O)C(C)(C)C. The maximum absolute atomic E-state index is 12.3. The Morgan fingerprint density at radius 2 is 1.83 bits per heavy atom. The summed E-state index contributed by atoms with van der Waals surface area (Å²) in [4.78, 5) is 26.5. The summed E-state index contributed by atoms with van der Waals surface area (Å²) < 4.78 is 7.18. The van der Waals surface area contributed by atoms with Crippen LogP contribution in [0.3, 0.4) is 0 Å². The zero-order valence-electron chi connectivity index (χ0n) is 15.3. The average molecular weight is 336 g/mol. The molecule has 1 aliphatic rings. The van der Waals surface area contributed by atoms with Crippen molar-refractivity contribution in [3.05, 3.63) is 5.69 Å². The van der Waals surface area contributed by atoms with Gasteiger partial charge in [0.2, 0.25) is 5.91 Å². The van der Waals surface area contributed by atoms with Crippen LogP contribution >= 0.6 is 0 Å². The molecule has 0 unspecified atom stereocenters. The van der Waals surface area contributed by atoms with E-state index < -0.39 is 5.41 Å². The molecular weight excluding hydrogens is 308 g/mol. The predicted molar refractivity (Wildman–Crippen MR) is 93.3 cm³/mol. The van der Waals surface area contributed by atoms with Crippen molar-refractivity contribution in [2.24, 2.45) is 12.5 Å². The van der Waals surface area contributed by atoms with E-state index in [1.807, 2.05) is 34.7 Å². The standard InChI is InChI=1S/C17H28N4O3/c1-12-15(18-14(23)7-6-13(22)17(2,3)4)16(20(5)19-12)21-8-10-24-11-9-21/h6-11H2,1-5H3,(H,18,23). The van der Waals surface area contributed by atoms with Gasteiger partial charge >= 0.3 is 0 Å². The van der Waals surface area contributed by atoms with Crippen molar-refractivity contribution in [3.8, 4) is 0 Å². The van der Waals surface area contributed by atoms with Gasteiger partial charge in [-0.25, -0.2) is 0 Å². The number of nitrogens with zero attached hydrogens (tertiary/aromatic N) is 3. The van der Waals surface area contributed by atoms with Crippen LogP contribution in [0.4, 0.5) is 11.5 Å². The largest absolute Gasteiger partial charge is 0.378 e. The highest BCUT2D eigenvalue weighted by Crippen LogP contribution is 2.29. The maximum atomic E-state index is 12.3. The van der Waals surface area contributed by atoms with Gasteiger partial charge in [0.05, 0.1) is 18.9 Å². The number of Topliss-reactive ketones (excluding diaryl/α,β-unsaturated/α-hetero) is 1. The average Bonchev–Trinajstić information content (AvgIpc) is 2.78. The highest BCUT2D eigenvalue weighted by Gasteiger charge is 2.24. The van der Waals surface area contributed by atoms with E-state index in [1.54, 1.807) is 4.68 Å². The van der Waals surface area contributed by atoms with E-state index in [0.29, 0.717) is 13.2 Å². The Labute approximate surface area is 143 Å². The predicted octanol–water partition coefficient (Wildman–Crippen LogP) is 1.90. The lowest BCUT2D eigenvalue weighted by Crippen LogP contribution is -2.38.